The highest BCUT2D eigenvalue weighted by Crippen LogP contribution is 2.29. The summed E-state index contributed by atoms with van der Waals surface area (Å²) in [6.45, 7) is 11.4. The van der Waals surface area contributed by atoms with Crippen molar-refractivity contribution < 1.29 is 0 Å². The number of rotatable bonds is 2. The van der Waals surface area contributed by atoms with E-state index < -0.39 is 0 Å². The van der Waals surface area contributed by atoms with E-state index in [0.29, 0.717) is 5.82 Å². The van der Waals surface area contributed by atoms with Crippen LogP contribution < -0.4 is 0 Å². The fourth-order valence-electron chi connectivity index (χ4n) is 2.57. The van der Waals surface area contributed by atoms with E-state index in [0.717, 1.165) is 17.1 Å². The number of nitrogens with zero attached hydrogens (tertiary/aromatic N) is 3. The Morgan fingerprint density at radius 3 is 2.24 bits per heavy atom. The van der Waals surface area contributed by atoms with Gasteiger partial charge in [-0.1, -0.05) is 48.0 Å². The summed E-state index contributed by atoms with van der Waals surface area (Å²) in [4.78, 5) is 7.95. The van der Waals surface area contributed by atoms with Crippen LogP contribution in [0.25, 0.3) is 21.9 Å². The highest BCUT2D eigenvalue weighted by atomic mass is 15.1. The molecule has 0 aliphatic carbocycles. The smallest absolute Gasteiger partial charge is 0.288 e. The first-order valence-corrected chi connectivity index (χ1v) is 6.79. The minimum atomic E-state index is 0.413. The van der Waals surface area contributed by atoms with Crippen LogP contribution in [0.2, 0.25) is 0 Å². The summed E-state index contributed by atoms with van der Waals surface area (Å²) in [5.74, 6) is 1.22. The predicted molar refractivity (Wildman–Crippen MR) is 84.7 cm³/mol. The largest absolute Gasteiger partial charge is 0.359 e. The van der Waals surface area contributed by atoms with Crippen LogP contribution in [0.3, 0.4) is 0 Å². The zero-order valence-electron chi connectivity index (χ0n) is 12.0. The molecule has 0 N–H and O–H groups in total. The Balaban J connectivity index is 2.29. The zero-order chi connectivity index (χ0) is 14.8. The van der Waals surface area contributed by atoms with Crippen molar-refractivity contribution in [2.45, 2.75) is 13.8 Å². The van der Waals surface area contributed by atoms with Crippen LogP contribution in [0.15, 0.2) is 54.7 Å². The van der Waals surface area contributed by atoms with Crippen LogP contribution in [0.4, 0.5) is 5.82 Å². The molecule has 0 unspecified atom stereocenters. The normalized spacial score (nSPS) is 10.3. The van der Waals surface area contributed by atoms with E-state index in [2.05, 4.69) is 35.8 Å². The standard InChI is InChI=1S/C18H15N3/c1-13-8-7-9-14(2)17(13)21-12-16(19-3)20-18(21)15-10-5-4-6-11-15/h4-12H,1-2H3. The van der Waals surface area contributed by atoms with Crippen LogP contribution in [0, 0.1) is 20.4 Å². The molecule has 3 heteroatoms. The summed E-state index contributed by atoms with van der Waals surface area (Å²) in [5.41, 5.74) is 4.44. The van der Waals surface area contributed by atoms with Gasteiger partial charge >= 0.3 is 0 Å². The molecule has 3 aromatic rings. The van der Waals surface area contributed by atoms with Crippen molar-refractivity contribution >= 4 is 5.82 Å². The quantitative estimate of drug-likeness (QED) is 0.620. The Bertz CT molecular complexity index is 803. The number of imidazole rings is 1. The molecule has 0 bridgehead atoms. The minimum Gasteiger partial charge on any atom is -0.359 e. The Morgan fingerprint density at radius 1 is 0.952 bits per heavy atom. The molecule has 0 atom stereocenters. The van der Waals surface area contributed by atoms with E-state index in [1.165, 1.54) is 11.1 Å². The molecule has 1 heterocycles. The second-order valence-corrected chi connectivity index (χ2v) is 5.01. The van der Waals surface area contributed by atoms with Gasteiger partial charge in [0.15, 0.2) is 0 Å². The molecule has 0 amide bonds. The predicted octanol–water partition coefficient (Wildman–Crippen LogP) is 4.71. The van der Waals surface area contributed by atoms with E-state index in [-0.39, 0.29) is 0 Å². The summed E-state index contributed by atoms with van der Waals surface area (Å²) in [6.07, 6.45) is 1.81. The molecular formula is C18H15N3. The monoisotopic (exact) mass is 273 g/mol. The third-order valence-electron chi connectivity index (χ3n) is 3.52. The van der Waals surface area contributed by atoms with Crippen molar-refractivity contribution in [3.63, 3.8) is 0 Å². The SMILES string of the molecule is [C-]#[N+]c1cn(-c2c(C)cccc2C)c(-c2ccccc2)n1. The van der Waals surface area contributed by atoms with Crippen LogP contribution in [0.1, 0.15) is 11.1 Å². The molecule has 0 aliphatic heterocycles. The van der Waals surface area contributed by atoms with Crippen LogP contribution in [0.5, 0.6) is 0 Å². The van der Waals surface area contributed by atoms with Gasteiger partial charge in [0, 0.05) is 11.8 Å². The van der Waals surface area contributed by atoms with Crippen molar-refractivity contribution in [3.8, 4) is 17.1 Å². The molecule has 21 heavy (non-hydrogen) atoms. The van der Waals surface area contributed by atoms with Gasteiger partial charge in [0.2, 0.25) is 5.82 Å². The molecule has 0 radical (unpaired) electrons. The molecule has 0 saturated heterocycles. The lowest BCUT2D eigenvalue weighted by Crippen LogP contribution is -2.01. The number of para-hydroxylation sites is 1. The average molecular weight is 273 g/mol. The molecule has 1 aromatic heterocycles. The highest BCUT2D eigenvalue weighted by molar-refractivity contribution is 5.64. The van der Waals surface area contributed by atoms with Crippen LogP contribution >= 0.6 is 0 Å². The topological polar surface area (TPSA) is 22.2 Å². The maximum atomic E-state index is 7.24. The fraction of sp³-hybridized carbons (Fsp3) is 0.111. The number of hydrogen-bond acceptors (Lipinski definition) is 1. The van der Waals surface area contributed by atoms with Gasteiger partial charge in [-0.2, -0.15) is 0 Å². The van der Waals surface area contributed by atoms with Gasteiger partial charge in [-0.3, -0.25) is 4.57 Å². The van der Waals surface area contributed by atoms with E-state index in [1.54, 1.807) is 0 Å². The maximum absolute atomic E-state index is 7.24. The summed E-state index contributed by atoms with van der Waals surface area (Å²) in [5, 5.41) is 0. The van der Waals surface area contributed by atoms with Crippen molar-refractivity contribution in [3.05, 3.63) is 77.3 Å². The molecule has 0 fully saturated rings. The minimum absolute atomic E-state index is 0.413. The number of aromatic nitrogens is 2. The first-order valence-electron chi connectivity index (χ1n) is 6.79. The van der Waals surface area contributed by atoms with Crippen LogP contribution in [-0.2, 0) is 0 Å². The van der Waals surface area contributed by atoms with E-state index >= 15 is 0 Å². The second kappa shape index (κ2) is 5.26. The second-order valence-electron chi connectivity index (χ2n) is 5.01. The van der Waals surface area contributed by atoms with Crippen molar-refractivity contribution in [2.75, 3.05) is 0 Å². The molecule has 3 rings (SSSR count). The molecule has 2 aromatic carbocycles. The van der Waals surface area contributed by atoms with Crippen molar-refractivity contribution in [1.82, 2.24) is 9.55 Å². The zero-order valence-corrected chi connectivity index (χ0v) is 12.0. The van der Waals surface area contributed by atoms with Gasteiger partial charge in [0.25, 0.3) is 5.82 Å². The maximum Gasteiger partial charge on any atom is 0.288 e. The van der Waals surface area contributed by atoms with Crippen molar-refractivity contribution in [1.29, 1.82) is 0 Å². The Labute approximate surface area is 124 Å². The molecule has 0 saturated carbocycles. The molecule has 0 aliphatic rings. The first-order chi connectivity index (χ1) is 10.2. The molecule has 3 nitrogen and oxygen atoms in total. The number of hydrogen-bond donors (Lipinski definition) is 0. The van der Waals surface area contributed by atoms with Crippen molar-refractivity contribution in [2.24, 2.45) is 0 Å². The van der Waals surface area contributed by atoms with Gasteiger partial charge in [-0.15, -0.1) is 0 Å². The van der Waals surface area contributed by atoms with E-state index in [1.807, 2.05) is 47.2 Å². The Kier molecular flexibility index (Phi) is 3.29. The highest BCUT2D eigenvalue weighted by Gasteiger charge is 2.17. The Hall–Kier alpha value is -2.86. The Morgan fingerprint density at radius 2 is 1.62 bits per heavy atom. The number of benzene rings is 2. The summed E-state index contributed by atoms with van der Waals surface area (Å²) >= 11 is 0. The van der Waals surface area contributed by atoms with E-state index in [4.69, 9.17) is 6.57 Å². The van der Waals surface area contributed by atoms with E-state index in [9.17, 15) is 0 Å². The van der Waals surface area contributed by atoms with Gasteiger partial charge < -0.3 is 4.85 Å². The molecule has 102 valence electrons. The lowest BCUT2D eigenvalue weighted by molar-refractivity contribution is 1.03. The summed E-state index contributed by atoms with van der Waals surface area (Å²) < 4.78 is 2.02. The molecule has 0 spiro atoms. The van der Waals surface area contributed by atoms with Gasteiger partial charge in [0.05, 0.1) is 5.69 Å². The average Bonchev–Trinajstić information content (AvgIpc) is 2.92. The fourth-order valence-corrected chi connectivity index (χ4v) is 2.57. The third kappa shape index (κ3) is 2.32. The number of aryl methyl sites for hydroxylation is 2. The summed E-state index contributed by atoms with van der Waals surface area (Å²) in [7, 11) is 0. The lowest BCUT2D eigenvalue weighted by Gasteiger charge is -2.12. The van der Waals surface area contributed by atoms with Gasteiger partial charge in [0.1, 0.15) is 0 Å². The first kappa shape index (κ1) is 13.1. The lowest BCUT2D eigenvalue weighted by atomic mass is 10.1. The third-order valence-corrected chi connectivity index (χ3v) is 3.52. The summed E-state index contributed by atoms with van der Waals surface area (Å²) in [6, 6.07) is 16.2. The van der Waals surface area contributed by atoms with Crippen LogP contribution in [-0.4, -0.2) is 9.55 Å². The molecular weight excluding hydrogens is 258 g/mol. The van der Waals surface area contributed by atoms with Gasteiger partial charge in [-0.25, -0.2) is 0 Å². The van der Waals surface area contributed by atoms with Gasteiger partial charge in [-0.05, 0) is 37.1 Å².